The van der Waals surface area contributed by atoms with Crippen LogP contribution in [-0.4, -0.2) is 30.6 Å². The Morgan fingerprint density at radius 3 is 2.73 bits per heavy atom. The van der Waals surface area contributed by atoms with Crippen LogP contribution in [-0.2, 0) is 11.3 Å². The first-order valence-electron chi connectivity index (χ1n) is 8.48. The van der Waals surface area contributed by atoms with Gasteiger partial charge in [-0.2, -0.15) is 0 Å². The minimum atomic E-state index is -0.0558. The van der Waals surface area contributed by atoms with Crippen LogP contribution in [0.5, 0.6) is 11.5 Å². The summed E-state index contributed by atoms with van der Waals surface area (Å²) in [6.07, 6.45) is 5.17. The van der Waals surface area contributed by atoms with Crippen molar-refractivity contribution in [1.29, 1.82) is 0 Å². The number of hydrogen-bond donors (Lipinski definition) is 0. The predicted molar refractivity (Wildman–Crippen MR) is 108 cm³/mol. The highest BCUT2D eigenvalue weighted by molar-refractivity contribution is 7.09. The molecule has 0 atom stereocenters. The molecule has 0 spiro atoms. The second-order valence-corrected chi connectivity index (χ2v) is 7.03. The molecule has 1 heterocycles. The molecule has 0 aliphatic rings. The van der Waals surface area contributed by atoms with E-state index in [1.165, 1.54) is 0 Å². The molecule has 5 heteroatoms. The van der Waals surface area contributed by atoms with Gasteiger partial charge in [0.25, 0.3) is 0 Å². The van der Waals surface area contributed by atoms with E-state index in [0.717, 1.165) is 10.4 Å². The number of methoxy groups -OCH3 is 1. The Labute approximate surface area is 159 Å². The van der Waals surface area contributed by atoms with Crippen LogP contribution >= 0.6 is 11.3 Å². The van der Waals surface area contributed by atoms with Gasteiger partial charge in [-0.1, -0.05) is 18.2 Å². The molecule has 0 radical (unpaired) electrons. The average Bonchev–Trinajstić information content (AvgIpc) is 3.13. The van der Waals surface area contributed by atoms with Crippen molar-refractivity contribution >= 4 is 23.3 Å². The number of carbonyl (C=O) groups is 1. The van der Waals surface area contributed by atoms with E-state index in [-0.39, 0.29) is 12.0 Å². The number of thiophene rings is 1. The van der Waals surface area contributed by atoms with Crippen molar-refractivity contribution in [2.75, 3.05) is 13.7 Å². The fraction of sp³-hybridized carbons (Fsp3) is 0.286. The molecule has 0 saturated carbocycles. The molecule has 4 nitrogen and oxygen atoms in total. The number of hydrogen-bond acceptors (Lipinski definition) is 4. The second kappa shape index (κ2) is 9.82. The molecule has 26 heavy (non-hydrogen) atoms. The Bertz CT molecular complexity index is 751. The number of ether oxygens (including phenoxy) is 2. The Morgan fingerprint density at radius 1 is 1.31 bits per heavy atom. The quantitative estimate of drug-likeness (QED) is 0.471. The molecule has 0 aliphatic heterocycles. The van der Waals surface area contributed by atoms with E-state index in [4.69, 9.17) is 9.47 Å². The van der Waals surface area contributed by atoms with E-state index in [1.807, 2.05) is 49.6 Å². The molecule has 138 valence electrons. The van der Waals surface area contributed by atoms with Gasteiger partial charge in [0.15, 0.2) is 11.5 Å². The lowest BCUT2D eigenvalue weighted by Gasteiger charge is -2.18. The van der Waals surface area contributed by atoms with Crippen molar-refractivity contribution < 1.29 is 14.3 Å². The third-order valence-electron chi connectivity index (χ3n) is 3.56. The van der Waals surface area contributed by atoms with Crippen molar-refractivity contribution in [1.82, 2.24) is 4.90 Å². The van der Waals surface area contributed by atoms with Gasteiger partial charge in [-0.05, 0) is 49.1 Å². The van der Waals surface area contributed by atoms with Gasteiger partial charge in [-0.15, -0.1) is 17.9 Å². The summed E-state index contributed by atoms with van der Waals surface area (Å²) >= 11 is 1.64. The highest BCUT2D eigenvalue weighted by Gasteiger charge is 2.11. The lowest BCUT2D eigenvalue weighted by molar-refractivity contribution is -0.126. The number of carbonyl (C=O) groups excluding carboxylic acids is 1. The highest BCUT2D eigenvalue weighted by atomic mass is 32.1. The lowest BCUT2D eigenvalue weighted by atomic mass is 10.2. The zero-order chi connectivity index (χ0) is 18.9. The average molecular weight is 372 g/mol. The van der Waals surface area contributed by atoms with E-state index in [0.29, 0.717) is 24.6 Å². The summed E-state index contributed by atoms with van der Waals surface area (Å²) in [7, 11) is 1.61. The Morgan fingerprint density at radius 2 is 2.12 bits per heavy atom. The van der Waals surface area contributed by atoms with Gasteiger partial charge < -0.3 is 14.4 Å². The summed E-state index contributed by atoms with van der Waals surface area (Å²) in [5.74, 6) is 1.28. The van der Waals surface area contributed by atoms with E-state index in [2.05, 4.69) is 6.58 Å². The first kappa shape index (κ1) is 19.8. The summed E-state index contributed by atoms with van der Waals surface area (Å²) in [6.45, 7) is 8.76. The van der Waals surface area contributed by atoms with Crippen LogP contribution in [0.25, 0.3) is 6.08 Å². The molecular weight excluding hydrogens is 346 g/mol. The zero-order valence-electron chi connectivity index (χ0n) is 15.5. The van der Waals surface area contributed by atoms with E-state index < -0.39 is 0 Å². The third-order valence-corrected chi connectivity index (χ3v) is 4.42. The number of amides is 1. The topological polar surface area (TPSA) is 38.8 Å². The van der Waals surface area contributed by atoms with E-state index in [1.54, 1.807) is 41.6 Å². The van der Waals surface area contributed by atoms with Crippen molar-refractivity contribution in [3.05, 3.63) is 64.9 Å². The standard InChI is InChI=1S/C21H25NO3S/c1-5-12-22(15-18-7-6-13-26-18)21(23)11-9-17-8-10-19(25-16(2)3)20(14-17)24-4/h5-11,13-14,16H,1,12,15H2,2-4H3/b11-9-. The molecule has 1 aromatic carbocycles. The molecule has 0 N–H and O–H groups in total. The zero-order valence-corrected chi connectivity index (χ0v) is 16.3. The molecule has 2 aromatic rings. The molecule has 0 saturated heterocycles. The molecule has 0 fully saturated rings. The van der Waals surface area contributed by atoms with Gasteiger partial charge in [0.05, 0.1) is 19.8 Å². The Balaban J connectivity index is 2.10. The summed E-state index contributed by atoms with van der Waals surface area (Å²) in [6, 6.07) is 9.63. The number of nitrogens with zero attached hydrogens (tertiary/aromatic N) is 1. The van der Waals surface area contributed by atoms with Crippen LogP contribution < -0.4 is 9.47 Å². The minimum absolute atomic E-state index is 0.0558. The normalized spacial score (nSPS) is 10.9. The lowest BCUT2D eigenvalue weighted by Crippen LogP contribution is -2.28. The van der Waals surface area contributed by atoms with Gasteiger partial charge in [0, 0.05) is 17.5 Å². The maximum Gasteiger partial charge on any atom is 0.247 e. The third kappa shape index (κ3) is 5.77. The van der Waals surface area contributed by atoms with Crippen LogP contribution in [0.15, 0.2) is 54.4 Å². The minimum Gasteiger partial charge on any atom is -0.493 e. The number of benzene rings is 1. The predicted octanol–water partition coefficient (Wildman–Crippen LogP) is 4.77. The summed E-state index contributed by atoms with van der Waals surface area (Å²) in [5, 5.41) is 2.01. The van der Waals surface area contributed by atoms with Crippen LogP contribution in [0, 0.1) is 0 Å². The molecule has 0 unspecified atom stereocenters. The molecular formula is C21H25NO3S. The highest BCUT2D eigenvalue weighted by Crippen LogP contribution is 2.29. The van der Waals surface area contributed by atoms with E-state index >= 15 is 0 Å². The maximum atomic E-state index is 12.5. The molecule has 0 bridgehead atoms. The van der Waals surface area contributed by atoms with E-state index in [9.17, 15) is 4.79 Å². The van der Waals surface area contributed by atoms with Gasteiger partial charge >= 0.3 is 0 Å². The van der Waals surface area contributed by atoms with Gasteiger partial charge in [0.1, 0.15) is 0 Å². The molecule has 2 rings (SSSR count). The summed E-state index contributed by atoms with van der Waals surface area (Å²) in [5.41, 5.74) is 0.876. The van der Waals surface area contributed by atoms with Gasteiger partial charge in [0.2, 0.25) is 5.91 Å². The smallest absolute Gasteiger partial charge is 0.247 e. The van der Waals surface area contributed by atoms with Crippen LogP contribution in [0.4, 0.5) is 0 Å². The summed E-state index contributed by atoms with van der Waals surface area (Å²) < 4.78 is 11.1. The first-order valence-corrected chi connectivity index (χ1v) is 9.36. The van der Waals surface area contributed by atoms with Crippen LogP contribution in [0.3, 0.4) is 0 Å². The second-order valence-electron chi connectivity index (χ2n) is 6.00. The van der Waals surface area contributed by atoms with Gasteiger partial charge in [-0.3, -0.25) is 4.79 Å². The first-order chi connectivity index (χ1) is 12.5. The maximum absolute atomic E-state index is 12.5. The largest absolute Gasteiger partial charge is 0.493 e. The van der Waals surface area contributed by atoms with Gasteiger partial charge in [-0.25, -0.2) is 0 Å². The van der Waals surface area contributed by atoms with Crippen molar-refractivity contribution in [2.45, 2.75) is 26.5 Å². The van der Waals surface area contributed by atoms with Crippen molar-refractivity contribution in [2.24, 2.45) is 0 Å². The fourth-order valence-electron chi connectivity index (χ4n) is 2.39. The SMILES string of the molecule is C=CCN(Cc1cccs1)C(=O)/C=C\c1ccc(OC(C)C)c(OC)c1. The Kier molecular flexibility index (Phi) is 7.48. The molecule has 0 aliphatic carbocycles. The fourth-order valence-corrected chi connectivity index (χ4v) is 3.11. The summed E-state index contributed by atoms with van der Waals surface area (Å²) in [4.78, 5) is 15.4. The van der Waals surface area contributed by atoms with Crippen molar-refractivity contribution in [3.63, 3.8) is 0 Å². The van der Waals surface area contributed by atoms with Crippen molar-refractivity contribution in [3.8, 4) is 11.5 Å². The van der Waals surface area contributed by atoms with Crippen LogP contribution in [0.1, 0.15) is 24.3 Å². The Hall–Kier alpha value is -2.53. The molecule has 1 aromatic heterocycles. The number of rotatable bonds is 9. The van der Waals surface area contributed by atoms with Crippen LogP contribution in [0.2, 0.25) is 0 Å². The molecule has 1 amide bonds. The monoisotopic (exact) mass is 371 g/mol.